The third-order valence-corrected chi connectivity index (χ3v) is 13.2. The van der Waals surface area contributed by atoms with Crippen molar-refractivity contribution in [1.29, 1.82) is 0 Å². The number of unbranched alkanes of at least 4 members (excludes halogenated alkanes) is 19. The van der Waals surface area contributed by atoms with Gasteiger partial charge in [0.05, 0.1) is 33.8 Å². The van der Waals surface area contributed by atoms with Crippen LogP contribution in [0.3, 0.4) is 0 Å². The van der Waals surface area contributed by atoms with Crippen LogP contribution < -0.4 is 5.32 Å². The SMILES string of the molecule is CC/C=C/C/C=C/C/C=C/C/C=C/CCCCCC(=O)NC(COP(=O)(O)OCC[N+](C)(C)C)C(/C=C/CCCCCCCCCCCC)OC(=O)CCCCC/C=C\C/C=C\C/C=C\C/C=C\CCCCC. The fraction of sp³-hybridized carbons (Fsp3) is 0.683. The van der Waals surface area contributed by atoms with E-state index < -0.39 is 20.0 Å². The van der Waals surface area contributed by atoms with Crippen molar-refractivity contribution in [3.8, 4) is 0 Å². The first-order chi connectivity index (χ1) is 35.4. The largest absolute Gasteiger partial charge is 0.472 e. The summed E-state index contributed by atoms with van der Waals surface area (Å²) in [5.74, 6) is -0.586. The zero-order chi connectivity index (χ0) is 53.6. The minimum absolute atomic E-state index is 0.0226. The summed E-state index contributed by atoms with van der Waals surface area (Å²) in [7, 11) is 1.44. The standard InChI is InChI=1S/C63H109N2O7P/c1-7-10-13-16-19-22-25-28-30-32-33-34-36-38-41-44-47-50-53-56-63(67)72-61(54-51-48-45-42-39-27-24-21-18-15-12-9-3)60(59-71-73(68,69)70-58-57-65(4,5)6)64-62(66)55-52-49-46-43-40-37-35-31-29-26-23-20-17-14-11-8-2/h11,14,19-20,22-23,28-31,33-34,37-38,40-41,51,54,60-61H,7-10,12-13,15-18,21,24-27,32,35-36,39,42-50,52-53,55-59H2,1-6H3,(H-,64,66,68,69)/p+1/b14-11+,22-19-,23-20+,30-28-,31-29+,34-33-,40-37+,41-38-,54-51+. The van der Waals surface area contributed by atoms with E-state index in [1.54, 1.807) is 0 Å². The van der Waals surface area contributed by atoms with Gasteiger partial charge in [0.15, 0.2) is 0 Å². The molecule has 3 atom stereocenters. The van der Waals surface area contributed by atoms with Crippen LogP contribution in [0, 0.1) is 0 Å². The highest BCUT2D eigenvalue weighted by atomic mass is 31.2. The third-order valence-electron chi connectivity index (χ3n) is 12.2. The van der Waals surface area contributed by atoms with Gasteiger partial charge in [-0.2, -0.15) is 0 Å². The van der Waals surface area contributed by atoms with Crippen LogP contribution in [0.1, 0.15) is 226 Å². The van der Waals surface area contributed by atoms with E-state index in [0.29, 0.717) is 23.9 Å². The van der Waals surface area contributed by atoms with E-state index in [1.807, 2.05) is 33.3 Å². The molecule has 0 rings (SSSR count). The molecule has 418 valence electrons. The molecule has 0 aromatic heterocycles. The van der Waals surface area contributed by atoms with Gasteiger partial charge in [-0.1, -0.05) is 208 Å². The third kappa shape index (κ3) is 53.3. The Morgan fingerprint density at radius 3 is 1.34 bits per heavy atom. The van der Waals surface area contributed by atoms with Crippen molar-refractivity contribution in [2.75, 3.05) is 40.9 Å². The number of hydrogen-bond acceptors (Lipinski definition) is 6. The molecule has 3 unspecified atom stereocenters. The molecule has 9 nitrogen and oxygen atoms in total. The number of carbonyl (C=O) groups is 2. The fourth-order valence-corrected chi connectivity index (χ4v) is 8.41. The summed E-state index contributed by atoms with van der Waals surface area (Å²) < 4.78 is 30.6. The van der Waals surface area contributed by atoms with Crippen molar-refractivity contribution in [2.24, 2.45) is 0 Å². The lowest BCUT2D eigenvalue weighted by molar-refractivity contribution is -0.870. The Morgan fingerprint density at radius 2 is 0.877 bits per heavy atom. The molecule has 0 aliphatic heterocycles. The van der Waals surface area contributed by atoms with Crippen LogP contribution in [0.2, 0.25) is 0 Å². The Bertz CT molecular complexity index is 1620. The summed E-state index contributed by atoms with van der Waals surface area (Å²) in [4.78, 5) is 37.6. The van der Waals surface area contributed by atoms with Gasteiger partial charge in [0, 0.05) is 12.8 Å². The first-order valence-electron chi connectivity index (χ1n) is 29.2. The molecule has 0 aromatic carbocycles. The number of carbonyl (C=O) groups excluding carboxylic acids is 2. The quantitative estimate of drug-likeness (QED) is 0.0205. The fourth-order valence-electron chi connectivity index (χ4n) is 7.68. The van der Waals surface area contributed by atoms with Crippen LogP contribution in [0.4, 0.5) is 0 Å². The van der Waals surface area contributed by atoms with Crippen LogP contribution in [-0.4, -0.2) is 74.3 Å². The monoisotopic (exact) mass is 1040 g/mol. The molecule has 0 aliphatic rings. The smallest absolute Gasteiger partial charge is 0.456 e. The molecular weight excluding hydrogens is 928 g/mol. The van der Waals surface area contributed by atoms with Crippen molar-refractivity contribution in [3.05, 3.63) is 109 Å². The van der Waals surface area contributed by atoms with Gasteiger partial charge < -0.3 is 19.4 Å². The second-order valence-electron chi connectivity index (χ2n) is 20.4. The number of likely N-dealkylation sites (N-methyl/N-ethyl adjacent to an activating group) is 1. The minimum atomic E-state index is -4.47. The maximum atomic E-state index is 13.5. The zero-order valence-corrected chi connectivity index (χ0v) is 48.5. The number of ether oxygens (including phenoxy) is 1. The number of phosphoric acid groups is 1. The highest BCUT2D eigenvalue weighted by Crippen LogP contribution is 2.43. The lowest BCUT2D eigenvalue weighted by Gasteiger charge is -2.27. The van der Waals surface area contributed by atoms with Gasteiger partial charge in [-0.15, -0.1) is 0 Å². The predicted molar refractivity (Wildman–Crippen MR) is 313 cm³/mol. The number of phosphoric ester groups is 1. The molecule has 0 fully saturated rings. The number of nitrogens with one attached hydrogen (secondary N) is 1. The van der Waals surface area contributed by atoms with E-state index in [2.05, 4.69) is 123 Å². The van der Waals surface area contributed by atoms with E-state index in [4.69, 9.17) is 13.8 Å². The van der Waals surface area contributed by atoms with Crippen LogP contribution in [0.5, 0.6) is 0 Å². The van der Waals surface area contributed by atoms with Gasteiger partial charge in [0.1, 0.15) is 19.3 Å². The number of nitrogens with zero attached hydrogens (tertiary/aromatic N) is 1. The Balaban J connectivity index is 5.45. The molecule has 0 radical (unpaired) electrons. The number of esters is 1. The first-order valence-corrected chi connectivity index (χ1v) is 30.7. The first kappa shape index (κ1) is 69.7. The van der Waals surface area contributed by atoms with Crippen molar-refractivity contribution in [2.45, 2.75) is 238 Å². The average Bonchev–Trinajstić information content (AvgIpc) is 3.35. The summed E-state index contributed by atoms with van der Waals surface area (Å²) in [5.41, 5.74) is 0. The van der Waals surface area contributed by atoms with Crippen LogP contribution in [-0.2, 0) is 27.9 Å². The highest BCUT2D eigenvalue weighted by molar-refractivity contribution is 7.47. The van der Waals surface area contributed by atoms with E-state index in [1.165, 1.54) is 77.0 Å². The summed E-state index contributed by atoms with van der Waals surface area (Å²) >= 11 is 0. The average molecular weight is 1040 g/mol. The summed E-state index contributed by atoms with van der Waals surface area (Å²) in [6.07, 6.45) is 70.8. The van der Waals surface area contributed by atoms with Crippen LogP contribution in [0.15, 0.2) is 109 Å². The topological polar surface area (TPSA) is 111 Å². The summed E-state index contributed by atoms with van der Waals surface area (Å²) in [5, 5.41) is 3.02. The Hall–Kier alpha value is -3.33. The molecule has 0 saturated heterocycles. The van der Waals surface area contributed by atoms with E-state index in [9.17, 15) is 19.0 Å². The normalized spacial score (nSPS) is 14.6. The minimum Gasteiger partial charge on any atom is -0.456 e. The number of rotatable bonds is 51. The lowest BCUT2D eigenvalue weighted by atomic mass is 10.1. The van der Waals surface area contributed by atoms with E-state index >= 15 is 0 Å². The Morgan fingerprint density at radius 1 is 0.493 bits per heavy atom. The Labute approximate surface area is 449 Å². The molecule has 1 amide bonds. The van der Waals surface area contributed by atoms with Crippen molar-refractivity contribution < 1.29 is 37.3 Å². The maximum absolute atomic E-state index is 13.5. The molecule has 0 aliphatic carbocycles. The molecule has 73 heavy (non-hydrogen) atoms. The molecule has 2 N–H and O–H groups in total. The molecule has 0 saturated carbocycles. The van der Waals surface area contributed by atoms with Gasteiger partial charge >= 0.3 is 13.8 Å². The van der Waals surface area contributed by atoms with Crippen molar-refractivity contribution in [3.63, 3.8) is 0 Å². The van der Waals surface area contributed by atoms with Gasteiger partial charge in [0.2, 0.25) is 5.91 Å². The predicted octanol–water partition coefficient (Wildman–Crippen LogP) is 17.8. The molecule has 0 spiro atoms. The molecule has 0 aromatic rings. The van der Waals surface area contributed by atoms with Gasteiger partial charge in [-0.3, -0.25) is 18.6 Å². The number of allylic oxidation sites excluding steroid dienone is 17. The number of amides is 1. The second-order valence-corrected chi connectivity index (χ2v) is 21.9. The molecule has 10 heteroatoms. The maximum Gasteiger partial charge on any atom is 0.472 e. The van der Waals surface area contributed by atoms with Crippen molar-refractivity contribution in [1.82, 2.24) is 5.32 Å². The number of quaternary nitrogens is 1. The van der Waals surface area contributed by atoms with Crippen LogP contribution in [0.25, 0.3) is 0 Å². The zero-order valence-electron chi connectivity index (χ0n) is 47.6. The molecule has 0 bridgehead atoms. The van der Waals surface area contributed by atoms with E-state index in [-0.39, 0.29) is 37.9 Å². The molecule has 0 heterocycles. The number of hydrogen-bond donors (Lipinski definition) is 2. The van der Waals surface area contributed by atoms with Gasteiger partial charge in [-0.05, 0) is 115 Å². The lowest BCUT2D eigenvalue weighted by Crippen LogP contribution is -2.47. The van der Waals surface area contributed by atoms with Gasteiger partial charge in [-0.25, -0.2) is 4.57 Å². The summed E-state index contributed by atoms with van der Waals surface area (Å²) in [6.45, 7) is 6.80. The van der Waals surface area contributed by atoms with Gasteiger partial charge in [0.25, 0.3) is 0 Å². The van der Waals surface area contributed by atoms with Crippen LogP contribution >= 0.6 is 7.82 Å². The van der Waals surface area contributed by atoms with Crippen molar-refractivity contribution >= 4 is 19.7 Å². The molecular formula is C63H110N2O7P+. The Kier molecular flexibility index (Phi) is 49.7. The highest BCUT2D eigenvalue weighted by Gasteiger charge is 2.30. The van der Waals surface area contributed by atoms with E-state index in [0.717, 1.165) is 103 Å². The summed E-state index contributed by atoms with van der Waals surface area (Å²) in [6, 6.07) is -0.885. The second kappa shape index (κ2) is 52.1.